The van der Waals surface area contributed by atoms with E-state index in [2.05, 4.69) is 4.74 Å². The first-order valence-corrected chi connectivity index (χ1v) is 9.43. The average molecular weight is 361 g/mol. The van der Waals surface area contributed by atoms with Gasteiger partial charge >= 0.3 is 5.97 Å². The van der Waals surface area contributed by atoms with Crippen LogP contribution >= 0.6 is 0 Å². The van der Waals surface area contributed by atoms with Gasteiger partial charge in [-0.2, -0.15) is 0 Å². The van der Waals surface area contributed by atoms with Crippen LogP contribution < -0.4 is 4.31 Å². The molecule has 5 nitrogen and oxygen atoms in total. The van der Waals surface area contributed by atoms with Crippen molar-refractivity contribution in [2.45, 2.75) is 31.6 Å². The minimum absolute atomic E-state index is 0.199. The molecule has 6 heteroatoms. The van der Waals surface area contributed by atoms with E-state index in [0.29, 0.717) is 12.1 Å². The van der Waals surface area contributed by atoms with E-state index in [0.717, 1.165) is 16.7 Å². The van der Waals surface area contributed by atoms with E-state index < -0.39 is 10.0 Å². The minimum Gasteiger partial charge on any atom is -0.469 e. The number of hydrogen-bond acceptors (Lipinski definition) is 4. The van der Waals surface area contributed by atoms with Gasteiger partial charge in [-0.1, -0.05) is 30.3 Å². The molecule has 0 saturated heterocycles. The molecular formula is C19H23NO4S. The van der Waals surface area contributed by atoms with Crippen LogP contribution in [0.5, 0.6) is 0 Å². The summed E-state index contributed by atoms with van der Waals surface area (Å²) in [5, 5.41) is 0. The number of methoxy groups -OCH3 is 1. The summed E-state index contributed by atoms with van der Waals surface area (Å²) >= 11 is 0. The number of anilines is 1. The lowest BCUT2D eigenvalue weighted by Crippen LogP contribution is -2.28. The van der Waals surface area contributed by atoms with E-state index in [9.17, 15) is 13.2 Å². The highest BCUT2D eigenvalue weighted by molar-refractivity contribution is 7.92. The minimum atomic E-state index is -3.69. The maximum Gasteiger partial charge on any atom is 0.305 e. The third kappa shape index (κ3) is 4.02. The Balaban J connectivity index is 2.41. The molecule has 0 amide bonds. The third-order valence-electron chi connectivity index (χ3n) is 4.35. The highest BCUT2D eigenvalue weighted by Crippen LogP contribution is 2.28. The van der Waals surface area contributed by atoms with Crippen molar-refractivity contribution in [2.75, 3.05) is 18.5 Å². The molecule has 0 fully saturated rings. The topological polar surface area (TPSA) is 63.7 Å². The lowest BCUT2D eigenvalue weighted by Gasteiger charge is -2.23. The molecule has 0 bridgehead atoms. The second kappa shape index (κ2) is 7.70. The average Bonchev–Trinajstić information content (AvgIpc) is 2.61. The SMILES string of the molecule is COC(=O)CCc1ccccc1N(C)S(=O)(=O)c1cccc(C)c1C. The molecule has 0 saturated carbocycles. The molecule has 0 radical (unpaired) electrons. The molecule has 0 aliphatic carbocycles. The number of nitrogens with zero attached hydrogens (tertiary/aromatic N) is 1. The Morgan fingerprint density at radius 1 is 1.08 bits per heavy atom. The van der Waals surface area contributed by atoms with Gasteiger partial charge in [0, 0.05) is 13.5 Å². The van der Waals surface area contributed by atoms with E-state index in [1.54, 1.807) is 31.2 Å². The Morgan fingerprint density at radius 2 is 1.76 bits per heavy atom. The first kappa shape index (κ1) is 19.0. The maximum absolute atomic E-state index is 13.1. The molecule has 0 atom stereocenters. The Labute approximate surface area is 149 Å². The van der Waals surface area contributed by atoms with E-state index in [1.807, 2.05) is 25.1 Å². The van der Waals surface area contributed by atoms with Crippen LogP contribution in [-0.4, -0.2) is 28.5 Å². The number of carbonyl (C=O) groups excluding carboxylic acids is 1. The molecule has 0 aliphatic rings. The summed E-state index contributed by atoms with van der Waals surface area (Å²) < 4.78 is 32.1. The Kier molecular flexibility index (Phi) is 5.85. The summed E-state index contributed by atoms with van der Waals surface area (Å²) in [6.07, 6.45) is 0.611. The fraction of sp³-hybridized carbons (Fsp3) is 0.316. The summed E-state index contributed by atoms with van der Waals surface area (Å²) in [6.45, 7) is 3.69. The molecule has 134 valence electrons. The summed E-state index contributed by atoms with van der Waals surface area (Å²) in [5.41, 5.74) is 3.01. The maximum atomic E-state index is 13.1. The van der Waals surface area contributed by atoms with Gasteiger partial charge in [0.25, 0.3) is 10.0 Å². The molecule has 0 aromatic heterocycles. The number of para-hydroxylation sites is 1. The Morgan fingerprint density at radius 3 is 2.44 bits per heavy atom. The largest absolute Gasteiger partial charge is 0.469 e. The number of rotatable bonds is 6. The van der Waals surface area contributed by atoms with Crippen molar-refractivity contribution >= 4 is 21.7 Å². The molecule has 0 spiro atoms. The van der Waals surface area contributed by atoms with Crippen molar-refractivity contribution < 1.29 is 17.9 Å². The van der Waals surface area contributed by atoms with Crippen LogP contribution in [0.25, 0.3) is 0 Å². The molecule has 0 aliphatic heterocycles. The number of ether oxygens (including phenoxy) is 1. The van der Waals surface area contributed by atoms with Gasteiger partial charge in [-0.3, -0.25) is 9.10 Å². The van der Waals surface area contributed by atoms with Crippen LogP contribution in [0.2, 0.25) is 0 Å². The van der Waals surface area contributed by atoms with Gasteiger partial charge in [0.05, 0.1) is 17.7 Å². The smallest absolute Gasteiger partial charge is 0.305 e. The molecule has 2 aromatic carbocycles. The predicted molar refractivity (Wildman–Crippen MR) is 98.3 cm³/mol. The highest BCUT2D eigenvalue weighted by atomic mass is 32.2. The number of esters is 1. The van der Waals surface area contributed by atoms with Gasteiger partial charge in [0.2, 0.25) is 0 Å². The molecule has 25 heavy (non-hydrogen) atoms. The van der Waals surface area contributed by atoms with Crippen molar-refractivity contribution in [1.29, 1.82) is 0 Å². The van der Waals surface area contributed by atoms with Crippen LogP contribution in [0.3, 0.4) is 0 Å². The monoisotopic (exact) mass is 361 g/mol. The molecular weight excluding hydrogens is 338 g/mol. The summed E-state index contributed by atoms with van der Waals surface area (Å²) in [4.78, 5) is 11.7. The number of benzene rings is 2. The Bertz CT molecular complexity index is 875. The van der Waals surface area contributed by atoms with Gasteiger partial charge in [-0.15, -0.1) is 0 Å². The van der Waals surface area contributed by atoms with Gasteiger partial charge in [-0.25, -0.2) is 8.42 Å². The lowest BCUT2D eigenvalue weighted by molar-refractivity contribution is -0.140. The number of carbonyl (C=O) groups is 1. The zero-order valence-corrected chi connectivity index (χ0v) is 15.8. The fourth-order valence-electron chi connectivity index (χ4n) is 2.65. The van der Waals surface area contributed by atoms with Crippen molar-refractivity contribution in [1.82, 2.24) is 0 Å². The second-order valence-corrected chi connectivity index (χ2v) is 7.81. The number of aryl methyl sites for hydroxylation is 2. The second-order valence-electron chi connectivity index (χ2n) is 5.88. The van der Waals surface area contributed by atoms with Gasteiger partial charge < -0.3 is 4.74 Å². The van der Waals surface area contributed by atoms with Gasteiger partial charge in [-0.05, 0) is 49.1 Å². The van der Waals surface area contributed by atoms with Crippen LogP contribution in [0.4, 0.5) is 5.69 Å². The third-order valence-corrected chi connectivity index (χ3v) is 6.27. The van der Waals surface area contributed by atoms with Crippen LogP contribution in [0, 0.1) is 13.8 Å². The van der Waals surface area contributed by atoms with E-state index in [1.165, 1.54) is 18.5 Å². The highest BCUT2D eigenvalue weighted by Gasteiger charge is 2.25. The fourth-order valence-corrected chi connectivity index (χ4v) is 4.18. The normalized spacial score (nSPS) is 11.2. The first-order valence-electron chi connectivity index (χ1n) is 7.99. The van der Waals surface area contributed by atoms with Gasteiger partial charge in [0.1, 0.15) is 0 Å². The zero-order chi connectivity index (χ0) is 18.6. The van der Waals surface area contributed by atoms with Crippen LogP contribution in [-0.2, 0) is 26.0 Å². The quantitative estimate of drug-likeness (QED) is 0.741. The van der Waals surface area contributed by atoms with E-state index in [4.69, 9.17) is 0 Å². The lowest BCUT2D eigenvalue weighted by atomic mass is 10.1. The predicted octanol–water partition coefficient (Wildman–Crippen LogP) is 3.23. The molecule has 0 N–H and O–H groups in total. The van der Waals surface area contributed by atoms with E-state index in [-0.39, 0.29) is 17.3 Å². The van der Waals surface area contributed by atoms with Crippen molar-refractivity contribution in [3.8, 4) is 0 Å². The van der Waals surface area contributed by atoms with Crippen molar-refractivity contribution in [3.05, 3.63) is 59.2 Å². The van der Waals surface area contributed by atoms with Crippen LogP contribution in [0.1, 0.15) is 23.1 Å². The number of sulfonamides is 1. The summed E-state index contributed by atoms with van der Waals surface area (Å²) in [6, 6.07) is 12.4. The van der Waals surface area contributed by atoms with Gasteiger partial charge in [0.15, 0.2) is 0 Å². The summed E-state index contributed by atoms with van der Waals surface area (Å²) in [7, 11) is -0.820. The summed E-state index contributed by atoms with van der Waals surface area (Å²) in [5.74, 6) is -0.324. The molecule has 0 heterocycles. The first-order chi connectivity index (χ1) is 11.8. The van der Waals surface area contributed by atoms with Crippen LogP contribution in [0.15, 0.2) is 47.4 Å². The molecule has 2 rings (SSSR count). The Hall–Kier alpha value is -2.34. The van der Waals surface area contributed by atoms with Crippen molar-refractivity contribution in [3.63, 3.8) is 0 Å². The van der Waals surface area contributed by atoms with Crippen molar-refractivity contribution in [2.24, 2.45) is 0 Å². The van der Waals surface area contributed by atoms with E-state index >= 15 is 0 Å². The zero-order valence-electron chi connectivity index (χ0n) is 14.9. The molecule has 0 unspecified atom stereocenters. The standard InChI is InChI=1S/C19H23NO4S/c1-14-8-7-11-18(15(14)2)25(22,23)20(3)17-10-6-5-9-16(17)12-13-19(21)24-4/h5-11H,12-13H2,1-4H3. The number of hydrogen-bond donors (Lipinski definition) is 0. The molecule has 2 aromatic rings.